The lowest BCUT2D eigenvalue weighted by atomic mass is 10.2. The third-order valence-electron chi connectivity index (χ3n) is 3.34. The number of carbonyl (C=O) groups is 2. The Hall–Kier alpha value is -2.70. The molecule has 0 aliphatic carbocycles. The smallest absolute Gasteiger partial charge is 0.257 e. The van der Waals surface area contributed by atoms with Crippen molar-refractivity contribution in [2.45, 2.75) is 6.92 Å². The summed E-state index contributed by atoms with van der Waals surface area (Å²) in [5.74, 6) is -0.429. The van der Waals surface area contributed by atoms with Crippen LogP contribution in [0.5, 0.6) is 0 Å². The number of carbonyl (C=O) groups excluding carboxylic acids is 2. The molecule has 0 saturated heterocycles. The van der Waals surface area contributed by atoms with Crippen LogP contribution in [0.25, 0.3) is 11.3 Å². The van der Waals surface area contributed by atoms with Gasteiger partial charge in [0.2, 0.25) is 5.91 Å². The predicted octanol–water partition coefficient (Wildman–Crippen LogP) is 4.67. The van der Waals surface area contributed by atoms with E-state index in [9.17, 15) is 9.59 Å². The average molecular weight is 372 g/mol. The van der Waals surface area contributed by atoms with E-state index in [-0.39, 0.29) is 11.8 Å². The first-order chi connectivity index (χ1) is 12.0. The van der Waals surface area contributed by atoms with Gasteiger partial charge in [-0.3, -0.25) is 14.9 Å². The van der Waals surface area contributed by atoms with Crippen molar-refractivity contribution in [3.8, 4) is 11.3 Å². The van der Waals surface area contributed by atoms with Crippen LogP contribution in [0.2, 0.25) is 5.02 Å². The maximum absolute atomic E-state index is 12.3. The second-order valence-electron chi connectivity index (χ2n) is 5.23. The lowest BCUT2D eigenvalue weighted by Crippen LogP contribution is -2.12. The van der Waals surface area contributed by atoms with Crippen LogP contribution in [0.1, 0.15) is 17.3 Å². The van der Waals surface area contributed by atoms with Gasteiger partial charge in [-0.05, 0) is 30.3 Å². The SMILES string of the molecule is CC(=O)Nc1ccc(C(=O)Nc2nc(-c3ccccc3Cl)cs2)cc1. The van der Waals surface area contributed by atoms with Crippen LogP contribution in [0.3, 0.4) is 0 Å². The van der Waals surface area contributed by atoms with E-state index in [0.29, 0.717) is 27.1 Å². The summed E-state index contributed by atoms with van der Waals surface area (Å²) in [6, 6.07) is 14.0. The van der Waals surface area contributed by atoms with Crippen LogP contribution in [0, 0.1) is 0 Å². The average Bonchev–Trinajstić information content (AvgIpc) is 3.03. The zero-order valence-corrected chi connectivity index (χ0v) is 14.8. The molecule has 5 nitrogen and oxygen atoms in total. The Bertz CT molecular complexity index is 922. The normalized spacial score (nSPS) is 10.3. The van der Waals surface area contributed by atoms with Crippen LogP contribution in [-0.4, -0.2) is 16.8 Å². The van der Waals surface area contributed by atoms with Crippen molar-refractivity contribution < 1.29 is 9.59 Å². The Morgan fingerprint density at radius 3 is 2.44 bits per heavy atom. The molecule has 0 atom stereocenters. The van der Waals surface area contributed by atoms with Gasteiger partial charge >= 0.3 is 0 Å². The van der Waals surface area contributed by atoms with E-state index in [2.05, 4.69) is 15.6 Å². The van der Waals surface area contributed by atoms with Crippen molar-refractivity contribution >= 4 is 45.6 Å². The van der Waals surface area contributed by atoms with Crippen molar-refractivity contribution in [1.82, 2.24) is 4.98 Å². The van der Waals surface area contributed by atoms with Crippen molar-refractivity contribution in [1.29, 1.82) is 0 Å². The number of hydrogen-bond donors (Lipinski definition) is 2. The number of nitrogens with one attached hydrogen (secondary N) is 2. The Labute approximate surface area is 153 Å². The van der Waals surface area contributed by atoms with Crippen molar-refractivity contribution in [3.63, 3.8) is 0 Å². The molecule has 0 radical (unpaired) electrons. The fourth-order valence-corrected chi connectivity index (χ4v) is 3.14. The number of amides is 2. The molecular weight excluding hydrogens is 358 g/mol. The summed E-state index contributed by atoms with van der Waals surface area (Å²) in [5, 5.41) is 8.37. The lowest BCUT2D eigenvalue weighted by Gasteiger charge is -2.04. The maximum atomic E-state index is 12.3. The fraction of sp³-hybridized carbons (Fsp3) is 0.0556. The summed E-state index contributed by atoms with van der Waals surface area (Å²) in [6.45, 7) is 1.43. The maximum Gasteiger partial charge on any atom is 0.257 e. The molecule has 2 amide bonds. The van der Waals surface area contributed by atoms with Gasteiger partial charge < -0.3 is 5.32 Å². The van der Waals surface area contributed by atoms with Gasteiger partial charge in [0, 0.05) is 34.1 Å². The van der Waals surface area contributed by atoms with Crippen molar-refractivity contribution in [2.75, 3.05) is 10.6 Å². The van der Waals surface area contributed by atoms with Gasteiger partial charge in [-0.25, -0.2) is 4.98 Å². The highest BCUT2D eigenvalue weighted by Crippen LogP contribution is 2.30. The van der Waals surface area contributed by atoms with Gasteiger partial charge in [-0.1, -0.05) is 29.8 Å². The number of benzene rings is 2. The van der Waals surface area contributed by atoms with E-state index < -0.39 is 0 Å². The fourth-order valence-electron chi connectivity index (χ4n) is 2.20. The molecule has 0 aliphatic heterocycles. The summed E-state index contributed by atoms with van der Waals surface area (Å²) >= 11 is 7.50. The van der Waals surface area contributed by atoms with Crippen molar-refractivity contribution in [2.24, 2.45) is 0 Å². The Balaban J connectivity index is 1.71. The molecule has 3 aromatic rings. The van der Waals surface area contributed by atoms with E-state index in [1.807, 2.05) is 23.6 Å². The van der Waals surface area contributed by atoms with Gasteiger partial charge in [-0.2, -0.15) is 0 Å². The molecule has 0 saturated carbocycles. The molecular formula is C18H14ClN3O2S. The van der Waals surface area contributed by atoms with Crippen molar-refractivity contribution in [3.05, 3.63) is 64.5 Å². The number of rotatable bonds is 4. The highest BCUT2D eigenvalue weighted by atomic mass is 35.5. The zero-order valence-electron chi connectivity index (χ0n) is 13.2. The molecule has 2 N–H and O–H groups in total. The predicted molar refractivity (Wildman–Crippen MR) is 101 cm³/mol. The topological polar surface area (TPSA) is 71.1 Å². The van der Waals surface area contributed by atoms with Crippen LogP contribution in [0.15, 0.2) is 53.9 Å². The number of aromatic nitrogens is 1. The summed E-state index contributed by atoms with van der Waals surface area (Å²) in [7, 11) is 0. The first-order valence-electron chi connectivity index (χ1n) is 7.42. The molecule has 25 heavy (non-hydrogen) atoms. The van der Waals surface area contributed by atoms with E-state index in [0.717, 1.165) is 5.56 Å². The van der Waals surface area contributed by atoms with Gasteiger partial charge in [0.25, 0.3) is 5.91 Å². The third kappa shape index (κ3) is 4.23. The van der Waals surface area contributed by atoms with E-state index in [4.69, 9.17) is 11.6 Å². The lowest BCUT2D eigenvalue weighted by molar-refractivity contribution is -0.114. The summed E-state index contributed by atoms with van der Waals surface area (Å²) in [6.07, 6.45) is 0. The number of nitrogens with zero attached hydrogens (tertiary/aromatic N) is 1. The molecule has 0 aliphatic rings. The molecule has 3 rings (SSSR count). The molecule has 1 heterocycles. The van der Waals surface area contributed by atoms with Gasteiger partial charge in [0.05, 0.1) is 5.69 Å². The minimum atomic E-state index is -0.269. The molecule has 126 valence electrons. The number of halogens is 1. The van der Waals surface area contributed by atoms with E-state index in [1.54, 1.807) is 30.3 Å². The highest BCUT2D eigenvalue weighted by Gasteiger charge is 2.11. The Morgan fingerprint density at radius 2 is 1.76 bits per heavy atom. The second-order valence-corrected chi connectivity index (χ2v) is 6.50. The van der Waals surface area contributed by atoms with Crippen LogP contribution < -0.4 is 10.6 Å². The summed E-state index contributed by atoms with van der Waals surface area (Å²) in [4.78, 5) is 27.7. The second kappa shape index (κ2) is 7.46. The number of thiazole rings is 1. The molecule has 0 spiro atoms. The van der Waals surface area contributed by atoms with Crippen LogP contribution in [0.4, 0.5) is 10.8 Å². The van der Waals surface area contributed by atoms with Gasteiger partial charge in [0.1, 0.15) is 0 Å². The Kier molecular flexibility index (Phi) is 5.11. The summed E-state index contributed by atoms with van der Waals surface area (Å²) < 4.78 is 0. The van der Waals surface area contributed by atoms with Gasteiger partial charge in [-0.15, -0.1) is 11.3 Å². The van der Waals surface area contributed by atoms with E-state index >= 15 is 0 Å². The monoisotopic (exact) mass is 371 g/mol. The molecule has 2 aromatic carbocycles. The quantitative estimate of drug-likeness (QED) is 0.699. The standard InChI is InChI=1S/C18H14ClN3O2S/c1-11(23)20-13-8-6-12(7-9-13)17(24)22-18-21-16(10-25-18)14-4-2-3-5-15(14)19/h2-10H,1H3,(H,20,23)(H,21,22,24). The minimum Gasteiger partial charge on any atom is -0.326 e. The van der Waals surface area contributed by atoms with Gasteiger partial charge in [0.15, 0.2) is 5.13 Å². The minimum absolute atomic E-state index is 0.160. The Morgan fingerprint density at radius 1 is 1.04 bits per heavy atom. The largest absolute Gasteiger partial charge is 0.326 e. The molecule has 1 aromatic heterocycles. The molecule has 0 fully saturated rings. The first kappa shape index (κ1) is 17.1. The van der Waals surface area contributed by atoms with E-state index in [1.165, 1.54) is 18.3 Å². The molecule has 0 unspecified atom stereocenters. The highest BCUT2D eigenvalue weighted by molar-refractivity contribution is 7.14. The van der Waals surface area contributed by atoms with Crippen LogP contribution in [-0.2, 0) is 4.79 Å². The number of hydrogen-bond acceptors (Lipinski definition) is 4. The zero-order chi connectivity index (χ0) is 17.8. The molecule has 7 heteroatoms. The third-order valence-corrected chi connectivity index (χ3v) is 4.43. The van der Waals surface area contributed by atoms with Crippen LogP contribution >= 0.6 is 22.9 Å². The number of anilines is 2. The molecule has 0 bridgehead atoms. The summed E-state index contributed by atoms with van der Waals surface area (Å²) in [5.41, 5.74) is 2.65. The first-order valence-corrected chi connectivity index (χ1v) is 8.68.